The van der Waals surface area contributed by atoms with Crippen LogP contribution < -0.4 is 9.58 Å². The molecule has 1 aromatic rings. The van der Waals surface area contributed by atoms with Crippen molar-refractivity contribution in [1.29, 1.82) is 0 Å². The van der Waals surface area contributed by atoms with Gasteiger partial charge in [0.05, 0.1) is 0 Å². The Labute approximate surface area is 108 Å². The molecule has 0 aliphatic heterocycles. The Hall–Kier alpha value is -0.680. The van der Waals surface area contributed by atoms with Gasteiger partial charge in [-0.1, -0.05) is 4.68 Å². The molecule has 1 rings (SSSR count). The van der Waals surface area contributed by atoms with Crippen LogP contribution in [0, 0.1) is 6.92 Å². The van der Waals surface area contributed by atoms with Crippen molar-refractivity contribution in [3.63, 3.8) is 0 Å². The minimum absolute atomic E-state index is 0.361. The number of anilines is 1. The molecule has 0 spiro atoms. The van der Waals surface area contributed by atoms with E-state index in [0.29, 0.717) is 18.6 Å². The van der Waals surface area contributed by atoms with Crippen LogP contribution in [0.2, 0.25) is 0 Å². The summed E-state index contributed by atoms with van der Waals surface area (Å²) in [6, 6.07) is 0.862. The second kappa shape index (κ2) is 5.78. The molecule has 98 valence electrons. The second-order valence-electron chi connectivity index (χ2n) is 5.03. The molecule has 0 saturated carbocycles. The van der Waals surface area contributed by atoms with Crippen molar-refractivity contribution in [2.75, 3.05) is 4.90 Å². The third-order valence-electron chi connectivity index (χ3n) is 2.58. The molecule has 0 bridgehead atoms. The van der Waals surface area contributed by atoms with Gasteiger partial charge in [-0.25, -0.2) is 0 Å². The number of aliphatic hydroxyl groups is 1. The van der Waals surface area contributed by atoms with Crippen LogP contribution in [0.3, 0.4) is 0 Å². The molecule has 1 atom stereocenters. The third-order valence-corrected chi connectivity index (χ3v) is 3.56. The number of nitrogens with zero attached hydrogens (tertiary/aromatic N) is 3. The van der Waals surface area contributed by atoms with E-state index in [9.17, 15) is 5.11 Å². The van der Waals surface area contributed by atoms with Gasteiger partial charge in [0.1, 0.15) is 6.10 Å². The second-order valence-corrected chi connectivity index (χ2v) is 6.19. The Bertz CT molecular complexity index is 353. The van der Waals surface area contributed by atoms with Gasteiger partial charge >= 0.3 is 0 Å². The summed E-state index contributed by atoms with van der Waals surface area (Å²) in [4.78, 5) is 2.30. The van der Waals surface area contributed by atoms with E-state index in [2.05, 4.69) is 37.7 Å². The maximum absolute atomic E-state index is 9.43. The average molecular weight is 258 g/mol. The van der Waals surface area contributed by atoms with Crippen LogP contribution in [0.4, 0.5) is 5.13 Å². The van der Waals surface area contributed by atoms with Gasteiger partial charge in [-0.3, -0.25) is 0 Å². The molecule has 1 aromatic heterocycles. The van der Waals surface area contributed by atoms with Gasteiger partial charge < -0.3 is 10.0 Å². The lowest BCUT2D eigenvalue weighted by Crippen LogP contribution is -2.44. The SMILES string of the molecule is Cc1sc(N(C(C)C)C(C)C)n[n+]1CC(C)O. The summed E-state index contributed by atoms with van der Waals surface area (Å²) in [5, 5.41) is 16.2. The monoisotopic (exact) mass is 258 g/mol. The fourth-order valence-corrected chi connectivity index (χ4v) is 3.09. The van der Waals surface area contributed by atoms with Crippen molar-refractivity contribution >= 4 is 16.5 Å². The molecule has 1 heterocycles. The molecule has 1 unspecified atom stereocenters. The van der Waals surface area contributed by atoms with Gasteiger partial charge in [0.25, 0.3) is 10.1 Å². The van der Waals surface area contributed by atoms with E-state index in [1.807, 2.05) is 11.6 Å². The van der Waals surface area contributed by atoms with Crippen molar-refractivity contribution in [1.82, 2.24) is 5.10 Å². The smallest absolute Gasteiger partial charge is 0.263 e. The Balaban J connectivity index is 2.98. The largest absolute Gasteiger partial charge is 0.387 e. The first-order chi connectivity index (χ1) is 7.82. The standard InChI is InChI=1S/C12H24N3OS/c1-8(2)15(9(3)4)12-13-14(7-10(5)16)11(6)17-12/h8-10,16H,7H2,1-6H3/q+1. The molecule has 0 radical (unpaired) electrons. The molecule has 0 saturated heterocycles. The quantitative estimate of drug-likeness (QED) is 0.818. The van der Waals surface area contributed by atoms with Crippen LogP contribution >= 0.6 is 11.3 Å². The lowest BCUT2D eigenvalue weighted by molar-refractivity contribution is -0.758. The maximum atomic E-state index is 9.43. The van der Waals surface area contributed by atoms with Crippen molar-refractivity contribution in [2.45, 2.75) is 66.3 Å². The molecule has 5 heteroatoms. The summed E-state index contributed by atoms with van der Waals surface area (Å²) < 4.78 is 1.89. The highest BCUT2D eigenvalue weighted by atomic mass is 32.1. The van der Waals surface area contributed by atoms with E-state index in [0.717, 1.165) is 10.1 Å². The van der Waals surface area contributed by atoms with Crippen molar-refractivity contribution in [3.05, 3.63) is 5.01 Å². The molecule has 4 nitrogen and oxygen atoms in total. The number of hydrogen-bond donors (Lipinski definition) is 1. The molecule has 0 fully saturated rings. The van der Waals surface area contributed by atoms with Crippen LogP contribution in [-0.2, 0) is 6.54 Å². The highest BCUT2D eigenvalue weighted by Crippen LogP contribution is 2.23. The van der Waals surface area contributed by atoms with E-state index in [1.54, 1.807) is 18.3 Å². The summed E-state index contributed by atoms with van der Waals surface area (Å²) in [5.74, 6) is 0. The van der Waals surface area contributed by atoms with Crippen LogP contribution in [0.1, 0.15) is 39.6 Å². The zero-order valence-corrected chi connectivity index (χ0v) is 12.5. The van der Waals surface area contributed by atoms with Crippen LogP contribution in [0.25, 0.3) is 0 Å². The third kappa shape index (κ3) is 3.64. The number of aliphatic hydroxyl groups excluding tert-OH is 1. The van der Waals surface area contributed by atoms with Gasteiger partial charge in [0.2, 0.25) is 6.54 Å². The van der Waals surface area contributed by atoms with Crippen LogP contribution in [0.5, 0.6) is 0 Å². The van der Waals surface area contributed by atoms with E-state index in [4.69, 9.17) is 0 Å². The van der Waals surface area contributed by atoms with Crippen molar-refractivity contribution < 1.29 is 9.79 Å². The number of rotatable bonds is 5. The minimum Gasteiger partial charge on any atom is -0.387 e. The summed E-state index contributed by atoms with van der Waals surface area (Å²) in [6.07, 6.45) is -0.361. The number of aryl methyl sites for hydroxylation is 1. The molecule has 0 aromatic carbocycles. The lowest BCUT2D eigenvalue weighted by Gasteiger charge is -2.28. The average Bonchev–Trinajstić information content (AvgIpc) is 2.44. The van der Waals surface area contributed by atoms with E-state index in [-0.39, 0.29) is 6.10 Å². The van der Waals surface area contributed by atoms with Gasteiger partial charge in [-0.15, -0.1) is 0 Å². The Kier molecular flexibility index (Phi) is 4.89. The summed E-state index contributed by atoms with van der Waals surface area (Å²) in [6.45, 7) is 13.1. The fourth-order valence-electron chi connectivity index (χ4n) is 1.94. The van der Waals surface area contributed by atoms with Crippen molar-refractivity contribution in [2.24, 2.45) is 0 Å². The van der Waals surface area contributed by atoms with E-state index >= 15 is 0 Å². The highest BCUT2D eigenvalue weighted by Gasteiger charge is 2.24. The van der Waals surface area contributed by atoms with Crippen LogP contribution in [0.15, 0.2) is 0 Å². The predicted octanol–water partition coefficient (Wildman–Crippen LogP) is 1.74. The zero-order chi connectivity index (χ0) is 13.2. The van der Waals surface area contributed by atoms with Crippen molar-refractivity contribution in [3.8, 4) is 0 Å². The number of aromatic nitrogens is 2. The molecular weight excluding hydrogens is 234 g/mol. The van der Waals surface area contributed by atoms with Gasteiger partial charge in [-0.05, 0) is 46.0 Å². The molecule has 1 N–H and O–H groups in total. The summed E-state index contributed by atoms with van der Waals surface area (Å²) in [5.41, 5.74) is 0. The molecule has 0 aliphatic rings. The predicted molar refractivity (Wildman–Crippen MR) is 71.5 cm³/mol. The Morgan fingerprint density at radius 3 is 2.18 bits per heavy atom. The molecule has 0 aliphatic carbocycles. The Morgan fingerprint density at radius 1 is 1.24 bits per heavy atom. The maximum Gasteiger partial charge on any atom is 0.263 e. The summed E-state index contributed by atoms with van der Waals surface area (Å²) in [7, 11) is 0. The molecular formula is C12H24N3OS+. The van der Waals surface area contributed by atoms with E-state index in [1.165, 1.54) is 0 Å². The first-order valence-electron chi connectivity index (χ1n) is 6.16. The summed E-state index contributed by atoms with van der Waals surface area (Å²) >= 11 is 1.69. The minimum atomic E-state index is -0.361. The fraction of sp³-hybridized carbons (Fsp3) is 0.833. The molecule has 17 heavy (non-hydrogen) atoms. The molecule has 0 amide bonds. The van der Waals surface area contributed by atoms with Gasteiger partial charge in [-0.2, -0.15) is 0 Å². The van der Waals surface area contributed by atoms with E-state index < -0.39 is 0 Å². The van der Waals surface area contributed by atoms with Gasteiger partial charge in [0, 0.05) is 24.1 Å². The first kappa shape index (κ1) is 14.4. The van der Waals surface area contributed by atoms with Crippen LogP contribution in [-0.4, -0.2) is 28.4 Å². The first-order valence-corrected chi connectivity index (χ1v) is 6.98. The zero-order valence-electron chi connectivity index (χ0n) is 11.6. The Morgan fingerprint density at radius 2 is 1.76 bits per heavy atom. The lowest BCUT2D eigenvalue weighted by atomic mass is 10.2. The number of hydrogen-bond acceptors (Lipinski definition) is 4. The normalized spacial score (nSPS) is 13.5. The topological polar surface area (TPSA) is 40.2 Å². The van der Waals surface area contributed by atoms with Gasteiger partial charge in [0.15, 0.2) is 0 Å². The highest BCUT2D eigenvalue weighted by molar-refractivity contribution is 7.14.